The highest BCUT2D eigenvalue weighted by Gasteiger charge is 2.40. The van der Waals surface area contributed by atoms with Crippen LogP contribution >= 0.6 is 0 Å². The first-order valence-electron chi connectivity index (χ1n) is 11.0. The lowest BCUT2D eigenvalue weighted by atomic mass is 9.97. The smallest absolute Gasteiger partial charge is 0.254 e. The third-order valence-electron chi connectivity index (χ3n) is 6.51. The quantitative estimate of drug-likeness (QED) is 0.504. The highest BCUT2D eigenvalue weighted by atomic mass is 15.2. The molecule has 0 amide bonds. The summed E-state index contributed by atoms with van der Waals surface area (Å²) in [7, 11) is 0. The first-order valence-corrected chi connectivity index (χ1v) is 11.0. The summed E-state index contributed by atoms with van der Waals surface area (Å²) in [6.07, 6.45) is 6.71. The second-order valence-electron chi connectivity index (χ2n) is 8.57. The molecule has 2 bridgehead atoms. The van der Waals surface area contributed by atoms with Gasteiger partial charge in [0.05, 0.1) is 18.2 Å². The van der Waals surface area contributed by atoms with Gasteiger partial charge in [-0.3, -0.25) is 15.0 Å². The number of fused-ring (bicyclic) bond motifs is 3. The van der Waals surface area contributed by atoms with Crippen LogP contribution < -0.4 is 10.6 Å². The van der Waals surface area contributed by atoms with E-state index in [9.17, 15) is 0 Å². The molecule has 9 nitrogen and oxygen atoms in total. The Labute approximate surface area is 186 Å². The average molecular weight is 428 g/mol. The van der Waals surface area contributed by atoms with E-state index in [0.717, 1.165) is 36.3 Å². The molecule has 3 atom stereocenters. The van der Waals surface area contributed by atoms with Gasteiger partial charge in [0.25, 0.3) is 5.69 Å². The molecule has 5 rings (SSSR count). The lowest BCUT2D eigenvalue weighted by Gasteiger charge is -2.39. The van der Waals surface area contributed by atoms with Crippen molar-refractivity contribution < 1.29 is 0 Å². The monoisotopic (exact) mass is 427 g/mol. The summed E-state index contributed by atoms with van der Waals surface area (Å²) < 4.78 is 0. The van der Waals surface area contributed by atoms with E-state index >= 15 is 0 Å². The minimum absolute atomic E-state index is 0.293. The molecule has 162 valence electrons. The largest absolute Gasteiger partial charge is 0.367 e. The number of H-pyrrole nitrogens is 1. The lowest BCUT2D eigenvalue weighted by molar-refractivity contribution is 0.136. The summed E-state index contributed by atoms with van der Waals surface area (Å²) in [4.78, 5) is 15.6. The van der Waals surface area contributed by atoms with Crippen molar-refractivity contribution in [2.24, 2.45) is 0 Å². The number of nitrogens with one attached hydrogen (secondary N) is 3. The van der Waals surface area contributed by atoms with E-state index in [0.29, 0.717) is 47.4 Å². The maximum atomic E-state index is 8.98. The summed E-state index contributed by atoms with van der Waals surface area (Å²) in [6, 6.07) is 9.31. The van der Waals surface area contributed by atoms with E-state index in [2.05, 4.69) is 41.6 Å². The standard InChI is InChI=1S/C23H25N9/c1-14-11-19(31-30-14)28-23-21(25-2)20-18(5-3-9-26-20)22(29-23)27-15-12-16-6-7-17(13-15)32(16)10-4-8-24/h3,5,9,11,15-17H,4,6-7,10,12-13H2,1H3,(H3,27,28,29,30,31)/t15?,16-,17+. The molecule has 5 heterocycles. The fourth-order valence-corrected chi connectivity index (χ4v) is 5.16. The number of nitrogens with zero attached hydrogens (tertiary/aromatic N) is 6. The summed E-state index contributed by atoms with van der Waals surface area (Å²) >= 11 is 0. The van der Waals surface area contributed by atoms with Gasteiger partial charge in [-0.1, -0.05) is 0 Å². The Morgan fingerprint density at radius 2 is 2.12 bits per heavy atom. The van der Waals surface area contributed by atoms with Crippen LogP contribution in [0.4, 0.5) is 23.1 Å². The molecule has 2 saturated heterocycles. The van der Waals surface area contributed by atoms with Crippen LogP contribution in [0.25, 0.3) is 15.7 Å². The van der Waals surface area contributed by atoms with Crippen molar-refractivity contribution in [1.29, 1.82) is 5.26 Å². The fourth-order valence-electron chi connectivity index (χ4n) is 5.16. The van der Waals surface area contributed by atoms with Gasteiger partial charge in [-0.25, -0.2) is 9.83 Å². The number of aromatic amines is 1. The Hall–Kier alpha value is -3.69. The molecular formula is C23H25N9. The second kappa shape index (κ2) is 8.45. The van der Waals surface area contributed by atoms with Crippen LogP contribution in [0.15, 0.2) is 24.4 Å². The highest BCUT2D eigenvalue weighted by molar-refractivity contribution is 6.02. The van der Waals surface area contributed by atoms with Crippen molar-refractivity contribution >= 4 is 34.0 Å². The number of aromatic nitrogens is 4. The van der Waals surface area contributed by atoms with Crippen LogP contribution in [-0.4, -0.2) is 49.7 Å². The molecule has 9 heteroatoms. The maximum absolute atomic E-state index is 8.98. The molecule has 0 radical (unpaired) electrons. The van der Waals surface area contributed by atoms with Crippen molar-refractivity contribution in [2.75, 3.05) is 17.2 Å². The molecule has 3 aromatic rings. The van der Waals surface area contributed by atoms with Crippen molar-refractivity contribution in [2.45, 2.75) is 57.2 Å². The molecule has 0 aromatic carbocycles. The second-order valence-corrected chi connectivity index (χ2v) is 8.57. The van der Waals surface area contributed by atoms with Crippen LogP contribution in [0.1, 0.15) is 37.8 Å². The molecule has 3 aromatic heterocycles. The molecule has 2 aliphatic rings. The van der Waals surface area contributed by atoms with Gasteiger partial charge < -0.3 is 10.6 Å². The Bertz CT molecular complexity index is 1200. The van der Waals surface area contributed by atoms with E-state index in [1.165, 1.54) is 12.8 Å². The molecule has 0 aliphatic carbocycles. The van der Waals surface area contributed by atoms with Crippen molar-refractivity contribution in [1.82, 2.24) is 25.1 Å². The van der Waals surface area contributed by atoms with Gasteiger partial charge in [0.1, 0.15) is 11.6 Å². The summed E-state index contributed by atoms with van der Waals surface area (Å²) in [5.74, 6) is 1.81. The summed E-state index contributed by atoms with van der Waals surface area (Å²) in [6.45, 7) is 10.5. The number of hydrogen-bond acceptors (Lipinski definition) is 7. The van der Waals surface area contributed by atoms with Crippen molar-refractivity contribution in [3.63, 3.8) is 0 Å². The Kier molecular flexibility index (Phi) is 5.34. The zero-order chi connectivity index (χ0) is 22.1. The van der Waals surface area contributed by atoms with Crippen LogP contribution in [0, 0.1) is 24.8 Å². The van der Waals surface area contributed by atoms with Crippen LogP contribution in [-0.2, 0) is 0 Å². The van der Waals surface area contributed by atoms with Gasteiger partial charge in [-0.05, 0) is 44.7 Å². The van der Waals surface area contributed by atoms with Crippen LogP contribution in [0.3, 0.4) is 0 Å². The zero-order valence-electron chi connectivity index (χ0n) is 18.0. The van der Waals surface area contributed by atoms with E-state index in [1.807, 2.05) is 25.1 Å². The molecule has 1 unspecified atom stereocenters. The minimum atomic E-state index is 0.293. The predicted molar refractivity (Wildman–Crippen MR) is 123 cm³/mol. The normalized spacial score (nSPS) is 22.4. The van der Waals surface area contributed by atoms with Gasteiger partial charge in [0.2, 0.25) is 0 Å². The molecule has 2 aliphatic heterocycles. The summed E-state index contributed by atoms with van der Waals surface area (Å²) in [5.41, 5.74) is 1.94. The SMILES string of the molecule is [C-]#[N+]c1c(Nc2cc(C)[nH]n2)nc(NC2C[C@H]3CC[C@@H](C2)N3CCC#N)c2cccnc12. The third kappa shape index (κ3) is 3.72. The Balaban J connectivity index is 1.45. The van der Waals surface area contributed by atoms with E-state index in [4.69, 9.17) is 16.8 Å². The minimum Gasteiger partial charge on any atom is -0.367 e. The highest BCUT2D eigenvalue weighted by Crippen LogP contribution is 2.40. The Morgan fingerprint density at radius 1 is 1.31 bits per heavy atom. The van der Waals surface area contributed by atoms with Crippen molar-refractivity contribution in [3.8, 4) is 6.07 Å². The van der Waals surface area contributed by atoms with Crippen molar-refractivity contribution in [3.05, 3.63) is 41.5 Å². The molecule has 0 saturated carbocycles. The summed E-state index contributed by atoms with van der Waals surface area (Å²) in [5, 5.41) is 23.8. The van der Waals surface area contributed by atoms with E-state index < -0.39 is 0 Å². The molecule has 32 heavy (non-hydrogen) atoms. The predicted octanol–water partition coefficient (Wildman–Crippen LogP) is 4.28. The number of piperidine rings is 1. The molecule has 2 fully saturated rings. The van der Waals surface area contributed by atoms with Gasteiger partial charge in [0, 0.05) is 54.4 Å². The molecular weight excluding hydrogens is 402 g/mol. The van der Waals surface area contributed by atoms with Gasteiger partial charge in [0.15, 0.2) is 5.82 Å². The molecule has 3 N–H and O–H groups in total. The first-order chi connectivity index (χ1) is 15.7. The van der Waals surface area contributed by atoms with Gasteiger partial charge >= 0.3 is 0 Å². The molecule has 0 spiro atoms. The zero-order valence-corrected chi connectivity index (χ0v) is 18.0. The lowest BCUT2D eigenvalue weighted by Crippen LogP contribution is -2.47. The fraction of sp³-hybridized carbons (Fsp3) is 0.435. The number of anilines is 3. The number of pyridine rings is 2. The number of nitriles is 1. The van der Waals surface area contributed by atoms with Crippen LogP contribution in [0.5, 0.6) is 0 Å². The van der Waals surface area contributed by atoms with E-state index in [1.54, 1.807) is 6.20 Å². The Morgan fingerprint density at radius 3 is 2.81 bits per heavy atom. The van der Waals surface area contributed by atoms with Gasteiger partial charge in [-0.2, -0.15) is 10.4 Å². The first kappa shape index (κ1) is 20.2. The number of aryl methyl sites for hydroxylation is 1. The third-order valence-corrected chi connectivity index (χ3v) is 6.51. The average Bonchev–Trinajstić information content (AvgIpc) is 3.31. The van der Waals surface area contributed by atoms with E-state index in [-0.39, 0.29) is 0 Å². The topological polar surface area (TPSA) is 110 Å². The number of hydrogen-bond donors (Lipinski definition) is 3. The van der Waals surface area contributed by atoms with Gasteiger partial charge in [-0.15, -0.1) is 0 Å². The number of rotatable bonds is 6. The van der Waals surface area contributed by atoms with Crippen LogP contribution in [0.2, 0.25) is 0 Å². The maximum Gasteiger partial charge on any atom is 0.254 e.